The Hall–Kier alpha value is -1.69. The number of anilines is 1. The molecule has 1 rings (SSSR count). The zero-order chi connectivity index (χ0) is 10.6. The quantitative estimate of drug-likeness (QED) is 0.556. The summed E-state index contributed by atoms with van der Waals surface area (Å²) in [6, 6.07) is 3.03. The lowest BCUT2D eigenvalue weighted by atomic mass is 10.3. The molecule has 1 aromatic rings. The highest BCUT2D eigenvalue weighted by atomic mass is 16.6. The van der Waals surface area contributed by atoms with Gasteiger partial charge in [0.05, 0.1) is 5.69 Å². The van der Waals surface area contributed by atoms with Gasteiger partial charge in [0.15, 0.2) is 6.20 Å². The van der Waals surface area contributed by atoms with Crippen molar-refractivity contribution in [3.05, 3.63) is 28.4 Å². The lowest BCUT2D eigenvalue weighted by molar-refractivity contribution is -0.389. The van der Waals surface area contributed by atoms with E-state index in [0.29, 0.717) is 13.1 Å². The minimum atomic E-state index is -0.521. The van der Waals surface area contributed by atoms with Gasteiger partial charge in [0.1, 0.15) is 0 Å². The standard InChI is InChI=1S/C8H12N4O2/c1-11(5-4-9)7-2-3-8(10-6-7)12(13)14/h2-3,6H,4-5,9H2,1H3. The van der Waals surface area contributed by atoms with E-state index >= 15 is 0 Å². The number of hydrogen-bond donors (Lipinski definition) is 1. The second-order valence-electron chi connectivity index (χ2n) is 2.84. The third-order valence-electron chi connectivity index (χ3n) is 1.82. The molecule has 0 unspecified atom stereocenters. The van der Waals surface area contributed by atoms with E-state index in [1.54, 1.807) is 6.07 Å². The largest absolute Gasteiger partial charge is 0.370 e. The minimum absolute atomic E-state index is 0.144. The number of nitro groups is 1. The molecular formula is C8H12N4O2. The van der Waals surface area contributed by atoms with Gasteiger partial charge in [0, 0.05) is 26.2 Å². The van der Waals surface area contributed by atoms with E-state index in [1.807, 2.05) is 11.9 Å². The summed E-state index contributed by atoms with van der Waals surface area (Å²) in [6.45, 7) is 1.23. The molecule has 0 aliphatic heterocycles. The summed E-state index contributed by atoms with van der Waals surface area (Å²) in [5, 5.41) is 10.3. The number of likely N-dealkylation sites (N-methyl/N-ethyl adjacent to an activating group) is 1. The van der Waals surface area contributed by atoms with Gasteiger partial charge < -0.3 is 20.7 Å². The van der Waals surface area contributed by atoms with Crippen molar-refractivity contribution in [2.75, 3.05) is 25.0 Å². The topological polar surface area (TPSA) is 85.3 Å². The molecule has 0 fully saturated rings. The monoisotopic (exact) mass is 196 g/mol. The first-order valence-electron chi connectivity index (χ1n) is 4.17. The van der Waals surface area contributed by atoms with Crippen molar-refractivity contribution < 1.29 is 4.92 Å². The number of pyridine rings is 1. The summed E-state index contributed by atoms with van der Waals surface area (Å²) in [4.78, 5) is 15.4. The molecule has 0 bridgehead atoms. The maximum atomic E-state index is 10.3. The first kappa shape index (κ1) is 10.4. The van der Waals surface area contributed by atoms with Crippen LogP contribution in [0.2, 0.25) is 0 Å². The highest BCUT2D eigenvalue weighted by molar-refractivity contribution is 5.45. The van der Waals surface area contributed by atoms with Crippen LogP contribution in [0.1, 0.15) is 0 Å². The normalized spacial score (nSPS) is 9.86. The summed E-state index contributed by atoms with van der Waals surface area (Å²) in [6.07, 6.45) is 1.47. The maximum Gasteiger partial charge on any atom is 0.363 e. The molecule has 0 aliphatic carbocycles. The number of nitrogens with zero attached hydrogens (tertiary/aromatic N) is 3. The Morgan fingerprint density at radius 2 is 2.36 bits per heavy atom. The van der Waals surface area contributed by atoms with Gasteiger partial charge in [0.2, 0.25) is 0 Å². The Kier molecular flexibility index (Phi) is 3.35. The zero-order valence-electron chi connectivity index (χ0n) is 7.88. The van der Waals surface area contributed by atoms with E-state index in [2.05, 4.69) is 4.98 Å². The fraction of sp³-hybridized carbons (Fsp3) is 0.375. The summed E-state index contributed by atoms with van der Waals surface area (Å²) in [5.41, 5.74) is 6.20. The van der Waals surface area contributed by atoms with Crippen molar-refractivity contribution in [3.8, 4) is 0 Å². The predicted octanol–water partition coefficient (Wildman–Crippen LogP) is 0.385. The van der Waals surface area contributed by atoms with Crippen LogP contribution in [-0.4, -0.2) is 30.0 Å². The Bertz CT molecular complexity index is 312. The van der Waals surface area contributed by atoms with Gasteiger partial charge in [-0.05, 0) is 16.0 Å². The van der Waals surface area contributed by atoms with E-state index in [9.17, 15) is 10.1 Å². The van der Waals surface area contributed by atoms with Crippen LogP contribution in [-0.2, 0) is 0 Å². The van der Waals surface area contributed by atoms with Crippen LogP contribution in [0.15, 0.2) is 18.3 Å². The lowest BCUT2D eigenvalue weighted by Gasteiger charge is -2.15. The minimum Gasteiger partial charge on any atom is -0.370 e. The van der Waals surface area contributed by atoms with Crippen molar-refractivity contribution in [2.45, 2.75) is 0 Å². The average molecular weight is 196 g/mol. The number of aromatic nitrogens is 1. The maximum absolute atomic E-state index is 10.3. The second-order valence-corrected chi connectivity index (χ2v) is 2.84. The highest BCUT2D eigenvalue weighted by Gasteiger charge is 2.07. The molecule has 0 spiro atoms. The van der Waals surface area contributed by atoms with Gasteiger partial charge in [-0.1, -0.05) is 0 Å². The molecule has 76 valence electrons. The fourth-order valence-electron chi connectivity index (χ4n) is 1.03. The molecule has 0 aliphatic rings. The zero-order valence-corrected chi connectivity index (χ0v) is 7.88. The van der Waals surface area contributed by atoms with Gasteiger partial charge in [-0.25, -0.2) is 0 Å². The van der Waals surface area contributed by atoms with Crippen LogP contribution in [0, 0.1) is 10.1 Å². The third kappa shape index (κ3) is 2.40. The third-order valence-corrected chi connectivity index (χ3v) is 1.82. The molecular weight excluding hydrogens is 184 g/mol. The van der Waals surface area contributed by atoms with Crippen LogP contribution in [0.5, 0.6) is 0 Å². The van der Waals surface area contributed by atoms with Crippen LogP contribution in [0.3, 0.4) is 0 Å². The van der Waals surface area contributed by atoms with Crippen molar-refractivity contribution >= 4 is 11.5 Å². The molecule has 6 nitrogen and oxygen atoms in total. The Morgan fingerprint density at radius 1 is 1.64 bits per heavy atom. The first-order valence-corrected chi connectivity index (χ1v) is 4.17. The predicted molar refractivity (Wildman–Crippen MR) is 53.2 cm³/mol. The molecule has 1 heterocycles. The van der Waals surface area contributed by atoms with E-state index < -0.39 is 4.92 Å². The summed E-state index contributed by atoms with van der Waals surface area (Å²) in [7, 11) is 1.86. The molecule has 14 heavy (non-hydrogen) atoms. The number of nitrogens with two attached hydrogens (primary N) is 1. The Morgan fingerprint density at radius 3 is 2.79 bits per heavy atom. The van der Waals surface area contributed by atoms with Gasteiger partial charge >= 0.3 is 5.82 Å². The van der Waals surface area contributed by atoms with Crippen molar-refractivity contribution in [1.29, 1.82) is 0 Å². The Balaban J connectivity index is 2.77. The van der Waals surface area contributed by atoms with E-state index in [4.69, 9.17) is 5.73 Å². The molecule has 6 heteroatoms. The molecule has 0 amide bonds. The molecule has 0 aromatic carbocycles. The van der Waals surface area contributed by atoms with Crippen LogP contribution in [0.4, 0.5) is 11.5 Å². The summed E-state index contributed by atoms with van der Waals surface area (Å²) in [5.74, 6) is -0.144. The van der Waals surface area contributed by atoms with Gasteiger partial charge in [-0.2, -0.15) is 0 Å². The molecule has 1 aromatic heterocycles. The Labute approximate surface area is 81.5 Å². The van der Waals surface area contributed by atoms with Gasteiger partial charge in [-0.15, -0.1) is 0 Å². The first-order chi connectivity index (χ1) is 6.65. The van der Waals surface area contributed by atoms with E-state index in [-0.39, 0.29) is 5.82 Å². The number of hydrogen-bond acceptors (Lipinski definition) is 5. The molecule has 0 saturated carbocycles. The molecule has 2 N–H and O–H groups in total. The molecule has 0 atom stereocenters. The highest BCUT2D eigenvalue weighted by Crippen LogP contribution is 2.14. The van der Waals surface area contributed by atoms with Crippen molar-refractivity contribution in [3.63, 3.8) is 0 Å². The summed E-state index contributed by atoms with van der Waals surface area (Å²) < 4.78 is 0. The second kappa shape index (κ2) is 4.52. The molecule has 0 radical (unpaired) electrons. The van der Waals surface area contributed by atoms with Gasteiger partial charge in [-0.3, -0.25) is 0 Å². The summed E-state index contributed by atoms with van der Waals surface area (Å²) >= 11 is 0. The van der Waals surface area contributed by atoms with Crippen LogP contribution < -0.4 is 10.6 Å². The van der Waals surface area contributed by atoms with Crippen molar-refractivity contribution in [1.82, 2.24) is 4.98 Å². The average Bonchev–Trinajstić information content (AvgIpc) is 2.18. The van der Waals surface area contributed by atoms with Crippen molar-refractivity contribution in [2.24, 2.45) is 5.73 Å². The SMILES string of the molecule is CN(CCN)c1ccc([N+](=O)[O-])nc1. The number of rotatable bonds is 4. The fourth-order valence-corrected chi connectivity index (χ4v) is 1.03. The van der Waals surface area contributed by atoms with E-state index in [1.165, 1.54) is 12.3 Å². The van der Waals surface area contributed by atoms with Crippen LogP contribution >= 0.6 is 0 Å². The lowest BCUT2D eigenvalue weighted by Crippen LogP contribution is -2.24. The van der Waals surface area contributed by atoms with Crippen LogP contribution in [0.25, 0.3) is 0 Å². The van der Waals surface area contributed by atoms with E-state index in [0.717, 1.165) is 5.69 Å². The van der Waals surface area contributed by atoms with Gasteiger partial charge in [0.25, 0.3) is 0 Å². The molecule has 0 saturated heterocycles. The smallest absolute Gasteiger partial charge is 0.363 e.